The van der Waals surface area contributed by atoms with Crippen molar-refractivity contribution >= 4 is 12.1 Å². The third-order valence-corrected chi connectivity index (χ3v) is 4.04. The van der Waals surface area contributed by atoms with Crippen molar-refractivity contribution < 1.29 is 24.5 Å². The van der Waals surface area contributed by atoms with Gasteiger partial charge in [-0.05, 0) is 24.8 Å². The maximum atomic E-state index is 11.9. The topological polar surface area (TPSA) is 134 Å². The minimum Gasteiger partial charge on any atom is -0.493 e. The van der Waals surface area contributed by atoms with Crippen LogP contribution in [0.5, 0.6) is 5.88 Å². The van der Waals surface area contributed by atoms with Crippen LogP contribution in [-0.2, 0) is 22.6 Å². The van der Waals surface area contributed by atoms with Crippen LogP contribution in [0.2, 0.25) is 0 Å². The predicted molar refractivity (Wildman–Crippen MR) is 96.6 cm³/mol. The van der Waals surface area contributed by atoms with Crippen molar-refractivity contribution in [1.29, 1.82) is 0 Å². The van der Waals surface area contributed by atoms with Gasteiger partial charge in [-0.15, -0.1) is 0 Å². The predicted octanol–water partition coefficient (Wildman–Crippen LogP) is 1.78. The van der Waals surface area contributed by atoms with Gasteiger partial charge in [-0.3, -0.25) is 0 Å². The number of hydrogen-bond donors (Lipinski definition) is 4. The molecule has 0 bridgehead atoms. The first kappa shape index (κ1) is 20.1. The Bertz CT molecular complexity index is 827. The molecule has 9 heteroatoms. The Kier molecular flexibility index (Phi) is 7.04. The molecule has 1 aromatic carbocycles. The summed E-state index contributed by atoms with van der Waals surface area (Å²) in [4.78, 5) is 37.2. The number of rotatable bonds is 9. The quantitative estimate of drug-likeness (QED) is 0.492. The number of carboxylic acid groups (broad SMARTS) is 1. The Labute approximate surface area is 155 Å². The van der Waals surface area contributed by atoms with Crippen molar-refractivity contribution in [2.75, 3.05) is 6.54 Å². The van der Waals surface area contributed by atoms with Gasteiger partial charge in [-0.2, -0.15) is 0 Å². The molecule has 0 radical (unpaired) electrons. The van der Waals surface area contributed by atoms with Crippen molar-refractivity contribution in [2.45, 2.75) is 38.8 Å². The number of carbonyl (C=O) groups is 2. The minimum absolute atomic E-state index is 0.162. The largest absolute Gasteiger partial charge is 0.493 e. The average Bonchev–Trinajstić information content (AvgIpc) is 2.93. The number of aromatic hydroxyl groups is 1. The molecule has 1 heterocycles. The second kappa shape index (κ2) is 9.46. The highest BCUT2D eigenvalue weighted by Gasteiger charge is 2.24. The van der Waals surface area contributed by atoms with Gasteiger partial charge >= 0.3 is 17.8 Å². The van der Waals surface area contributed by atoms with Gasteiger partial charge in [0, 0.05) is 6.54 Å². The van der Waals surface area contributed by atoms with Gasteiger partial charge in [-0.25, -0.2) is 19.0 Å². The first-order valence-corrected chi connectivity index (χ1v) is 8.63. The Morgan fingerprint density at radius 3 is 2.63 bits per heavy atom. The molecule has 0 aliphatic heterocycles. The van der Waals surface area contributed by atoms with Gasteiger partial charge in [0.1, 0.15) is 12.6 Å². The highest BCUT2D eigenvalue weighted by Crippen LogP contribution is 2.21. The minimum atomic E-state index is -1.19. The summed E-state index contributed by atoms with van der Waals surface area (Å²) in [7, 11) is 0. The first-order chi connectivity index (χ1) is 12.9. The molecule has 0 saturated heterocycles. The number of carbonyl (C=O) groups excluding carboxylic acids is 1. The van der Waals surface area contributed by atoms with E-state index < -0.39 is 23.8 Å². The van der Waals surface area contributed by atoms with Crippen LogP contribution in [0.15, 0.2) is 35.1 Å². The molecule has 0 aliphatic carbocycles. The maximum Gasteiger partial charge on any atom is 0.407 e. The van der Waals surface area contributed by atoms with E-state index in [-0.39, 0.29) is 37.6 Å². The molecule has 4 N–H and O–H groups in total. The number of aromatic amines is 1. The molecule has 27 heavy (non-hydrogen) atoms. The van der Waals surface area contributed by atoms with Gasteiger partial charge in [-0.1, -0.05) is 37.3 Å². The fourth-order valence-electron chi connectivity index (χ4n) is 2.65. The second-order valence-electron chi connectivity index (χ2n) is 5.96. The smallest absolute Gasteiger partial charge is 0.407 e. The normalized spacial score (nSPS) is 11.7. The fraction of sp³-hybridized carbons (Fsp3) is 0.389. The number of nitrogens with one attached hydrogen (secondary N) is 2. The number of ether oxygens (including phenoxy) is 1. The van der Waals surface area contributed by atoms with E-state index >= 15 is 0 Å². The van der Waals surface area contributed by atoms with E-state index in [0.717, 1.165) is 10.1 Å². The molecule has 0 fully saturated rings. The first-order valence-electron chi connectivity index (χ1n) is 8.63. The third-order valence-electron chi connectivity index (χ3n) is 4.04. The fourth-order valence-corrected chi connectivity index (χ4v) is 2.65. The number of nitrogens with zero attached hydrogens (tertiary/aromatic N) is 1. The zero-order valence-electron chi connectivity index (χ0n) is 15.0. The van der Waals surface area contributed by atoms with Crippen LogP contribution < -0.4 is 11.0 Å². The molecular formula is C18H23N3O6. The van der Waals surface area contributed by atoms with Crippen molar-refractivity contribution in [3.8, 4) is 5.88 Å². The van der Waals surface area contributed by atoms with Gasteiger partial charge in [0.25, 0.3) is 0 Å². The van der Waals surface area contributed by atoms with Crippen LogP contribution >= 0.6 is 0 Å². The number of hydrogen-bond acceptors (Lipinski definition) is 5. The van der Waals surface area contributed by atoms with Gasteiger partial charge in [0.2, 0.25) is 5.88 Å². The molecule has 1 amide bonds. The summed E-state index contributed by atoms with van der Waals surface area (Å²) in [5.41, 5.74) is 0.437. The van der Waals surface area contributed by atoms with E-state index in [9.17, 15) is 19.5 Å². The summed E-state index contributed by atoms with van der Waals surface area (Å²) in [6, 6.07) is 8.13. The summed E-state index contributed by atoms with van der Waals surface area (Å²) in [6.45, 7) is 2.05. The van der Waals surface area contributed by atoms with E-state index in [1.807, 2.05) is 30.3 Å². The van der Waals surface area contributed by atoms with Gasteiger partial charge < -0.3 is 25.3 Å². The number of imidazole rings is 1. The Balaban J connectivity index is 1.81. The molecule has 1 aromatic heterocycles. The molecule has 2 rings (SSSR count). The zero-order chi connectivity index (χ0) is 19.8. The number of amides is 1. The number of carboxylic acids is 1. The summed E-state index contributed by atoms with van der Waals surface area (Å²) in [6.07, 6.45) is 0.293. The van der Waals surface area contributed by atoms with Gasteiger partial charge in [0.05, 0.1) is 5.69 Å². The highest BCUT2D eigenvalue weighted by molar-refractivity contribution is 5.72. The number of aryl methyl sites for hydroxylation is 1. The Morgan fingerprint density at radius 1 is 1.30 bits per heavy atom. The van der Waals surface area contributed by atoms with E-state index in [0.29, 0.717) is 6.42 Å². The number of H-pyrrole nitrogens is 1. The van der Waals surface area contributed by atoms with Crippen LogP contribution in [-0.4, -0.2) is 38.4 Å². The molecule has 0 spiro atoms. The zero-order valence-corrected chi connectivity index (χ0v) is 15.0. The van der Waals surface area contributed by atoms with Crippen LogP contribution in [0.25, 0.3) is 0 Å². The third kappa shape index (κ3) is 5.37. The second-order valence-corrected chi connectivity index (χ2v) is 5.96. The number of aliphatic carboxylic acids is 1. The molecule has 146 valence electrons. The standard InChI is InChI=1S/C18H23N3O6/c1-2-14(16(23)24)21-15(22)13(20-17(21)25)9-6-10-19-18(26)27-11-12-7-4-3-5-8-12/h3-5,7-8,14,22H,2,6,9-11H2,1H3,(H,19,26)(H,20,25)(H,23,24). The van der Waals surface area contributed by atoms with Crippen LogP contribution in [0, 0.1) is 0 Å². The maximum absolute atomic E-state index is 11.9. The SMILES string of the molecule is CCC(C(=O)O)n1c(O)c(CCCNC(=O)OCc2ccccc2)[nH]c1=O. The Morgan fingerprint density at radius 2 is 2.00 bits per heavy atom. The molecule has 1 atom stereocenters. The lowest BCUT2D eigenvalue weighted by Crippen LogP contribution is -2.27. The lowest BCUT2D eigenvalue weighted by molar-refractivity contribution is -0.141. The van der Waals surface area contributed by atoms with Crippen molar-refractivity contribution in [1.82, 2.24) is 14.9 Å². The summed E-state index contributed by atoms with van der Waals surface area (Å²) in [5.74, 6) is -1.58. The molecule has 2 aromatic rings. The van der Waals surface area contributed by atoms with E-state index in [4.69, 9.17) is 9.84 Å². The van der Waals surface area contributed by atoms with Crippen LogP contribution in [0.3, 0.4) is 0 Å². The van der Waals surface area contributed by atoms with Crippen LogP contribution in [0.4, 0.5) is 4.79 Å². The monoisotopic (exact) mass is 377 g/mol. The van der Waals surface area contributed by atoms with Crippen molar-refractivity contribution in [2.24, 2.45) is 0 Å². The van der Waals surface area contributed by atoms with Crippen molar-refractivity contribution in [3.63, 3.8) is 0 Å². The van der Waals surface area contributed by atoms with Crippen molar-refractivity contribution in [3.05, 3.63) is 52.1 Å². The number of aromatic nitrogens is 2. The lowest BCUT2D eigenvalue weighted by Gasteiger charge is -2.11. The van der Waals surface area contributed by atoms with E-state index in [1.165, 1.54) is 0 Å². The summed E-state index contributed by atoms with van der Waals surface area (Å²) >= 11 is 0. The van der Waals surface area contributed by atoms with Crippen LogP contribution in [0.1, 0.15) is 37.1 Å². The highest BCUT2D eigenvalue weighted by atomic mass is 16.5. The molecule has 0 saturated carbocycles. The molecular weight excluding hydrogens is 354 g/mol. The summed E-state index contributed by atoms with van der Waals surface area (Å²) in [5, 5.41) is 21.9. The molecule has 9 nitrogen and oxygen atoms in total. The lowest BCUT2D eigenvalue weighted by atomic mass is 10.2. The molecule has 0 aliphatic rings. The summed E-state index contributed by atoms with van der Waals surface area (Å²) < 4.78 is 5.91. The Hall–Kier alpha value is -3.23. The molecule has 1 unspecified atom stereocenters. The average molecular weight is 377 g/mol. The van der Waals surface area contributed by atoms with Gasteiger partial charge in [0.15, 0.2) is 0 Å². The van der Waals surface area contributed by atoms with E-state index in [1.54, 1.807) is 6.92 Å². The van der Waals surface area contributed by atoms with E-state index in [2.05, 4.69) is 10.3 Å². The number of benzene rings is 1. The number of alkyl carbamates (subject to hydrolysis) is 1.